The van der Waals surface area contributed by atoms with Gasteiger partial charge in [0.25, 0.3) is 5.91 Å². The van der Waals surface area contributed by atoms with Gasteiger partial charge in [-0.1, -0.05) is 6.07 Å². The first-order valence-electron chi connectivity index (χ1n) is 7.57. The van der Waals surface area contributed by atoms with Crippen molar-refractivity contribution in [2.75, 3.05) is 13.1 Å². The average Bonchev–Trinajstić information content (AvgIpc) is 2.47. The van der Waals surface area contributed by atoms with Crippen molar-refractivity contribution in [1.82, 2.24) is 15.5 Å². The molecule has 0 aromatic heterocycles. The van der Waals surface area contributed by atoms with E-state index in [2.05, 4.69) is 10.6 Å². The molecular weight excluding hydrogens is 285 g/mol. The summed E-state index contributed by atoms with van der Waals surface area (Å²) >= 11 is 0. The van der Waals surface area contributed by atoms with Gasteiger partial charge in [-0.05, 0) is 44.9 Å². The molecule has 2 rings (SSSR count). The summed E-state index contributed by atoms with van der Waals surface area (Å²) < 4.78 is 13.1. The van der Waals surface area contributed by atoms with E-state index in [4.69, 9.17) is 0 Å². The molecule has 0 radical (unpaired) electrons. The minimum Gasteiger partial charge on any atom is -0.349 e. The molecule has 0 bridgehead atoms. The molecule has 120 valence electrons. The molecule has 6 heteroatoms. The monoisotopic (exact) mass is 307 g/mol. The Labute approximate surface area is 129 Å². The zero-order chi connectivity index (χ0) is 16.1. The van der Waals surface area contributed by atoms with Crippen LogP contribution in [0, 0.1) is 5.82 Å². The minimum atomic E-state index is -0.423. The van der Waals surface area contributed by atoms with Crippen molar-refractivity contribution < 1.29 is 14.0 Å². The van der Waals surface area contributed by atoms with Gasteiger partial charge in [0.05, 0.1) is 0 Å². The number of carbonyl (C=O) groups is 2. The summed E-state index contributed by atoms with van der Waals surface area (Å²) in [6.07, 6.45) is 1.40. The lowest BCUT2D eigenvalue weighted by molar-refractivity contribution is 0.0917. The molecule has 0 unspecified atom stereocenters. The largest absolute Gasteiger partial charge is 0.349 e. The van der Waals surface area contributed by atoms with Gasteiger partial charge in [-0.15, -0.1) is 0 Å². The van der Waals surface area contributed by atoms with Gasteiger partial charge in [0.15, 0.2) is 0 Å². The Kier molecular flexibility index (Phi) is 5.35. The summed E-state index contributed by atoms with van der Waals surface area (Å²) in [6.45, 7) is 5.05. The predicted molar refractivity (Wildman–Crippen MR) is 82.1 cm³/mol. The molecule has 1 heterocycles. The SMILES string of the molecule is CC(C)NC(=O)N1CCC(NC(=O)c2cccc(F)c2)CC1. The molecule has 1 saturated heterocycles. The van der Waals surface area contributed by atoms with Gasteiger partial charge in [0.2, 0.25) is 0 Å². The summed E-state index contributed by atoms with van der Waals surface area (Å²) in [5, 5.41) is 5.76. The van der Waals surface area contributed by atoms with Crippen LogP contribution in [0.25, 0.3) is 0 Å². The Morgan fingerprint density at radius 1 is 1.27 bits per heavy atom. The molecule has 0 aliphatic carbocycles. The second-order valence-electron chi connectivity index (χ2n) is 5.85. The van der Waals surface area contributed by atoms with E-state index in [0.29, 0.717) is 31.5 Å². The van der Waals surface area contributed by atoms with E-state index in [9.17, 15) is 14.0 Å². The Morgan fingerprint density at radius 2 is 1.95 bits per heavy atom. The quantitative estimate of drug-likeness (QED) is 0.899. The van der Waals surface area contributed by atoms with Crippen LogP contribution < -0.4 is 10.6 Å². The van der Waals surface area contributed by atoms with Gasteiger partial charge in [-0.2, -0.15) is 0 Å². The molecule has 5 nitrogen and oxygen atoms in total. The summed E-state index contributed by atoms with van der Waals surface area (Å²) in [7, 11) is 0. The topological polar surface area (TPSA) is 61.4 Å². The van der Waals surface area contributed by atoms with Crippen molar-refractivity contribution in [3.8, 4) is 0 Å². The molecule has 1 fully saturated rings. The molecule has 2 N–H and O–H groups in total. The van der Waals surface area contributed by atoms with Gasteiger partial charge in [-0.25, -0.2) is 9.18 Å². The standard InChI is InChI=1S/C16H22FN3O2/c1-11(2)18-16(22)20-8-6-14(7-9-20)19-15(21)12-4-3-5-13(17)10-12/h3-5,10-11,14H,6-9H2,1-2H3,(H,18,22)(H,19,21). The molecule has 1 aromatic carbocycles. The van der Waals surface area contributed by atoms with Crippen LogP contribution in [0.3, 0.4) is 0 Å². The van der Waals surface area contributed by atoms with Crippen LogP contribution in [-0.4, -0.2) is 42.0 Å². The van der Waals surface area contributed by atoms with E-state index in [1.807, 2.05) is 13.8 Å². The summed E-state index contributed by atoms with van der Waals surface area (Å²) in [5.41, 5.74) is 0.319. The van der Waals surface area contributed by atoms with Crippen molar-refractivity contribution >= 4 is 11.9 Å². The Morgan fingerprint density at radius 3 is 2.55 bits per heavy atom. The average molecular weight is 307 g/mol. The van der Waals surface area contributed by atoms with E-state index in [-0.39, 0.29) is 24.0 Å². The van der Waals surface area contributed by atoms with Crippen LogP contribution in [0.15, 0.2) is 24.3 Å². The summed E-state index contributed by atoms with van der Waals surface area (Å²) in [5.74, 6) is -0.697. The second-order valence-corrected chi connectivity index (χ2v) is 5.85. The van der Waals surface area contributed by atoms with Crippen molar-refractivity contribution in [1.29, 1.82) is 0 Å². The first kappa shape index (κ1) is 16.3. The number of hydrogen-bond acceptors (Lipinski definition) is 2. The number of amides is 3. The summed E-state index contributed by atoms with van der Waals surface area (Å²) in [6, 6.07) is 5.69. The number of rotatable bonds is 3. The first-order chi connectivity index (χ1) is 10.5. The Bertz CT molecular complexity index is 540. The zero-order valence-electron chi connectivity index (χ0n) is 12.9. The maximum atomic E-state index is 13.1. The fourth-order valence-electron chi connectivity index (χ4n) is 2.46. The van der Waals surface area contributed by atoms with E-state index in [0.717, 1.165) is 0 Å². The molecule has 1 aliphatic rings. The predicted octanol–water partition coefficient (Wildman–Crippen LogP) is 2.14. The van der Waals surface area contributed by atoms with Crippen LogP contribution in [0.5, 0.6) is 0 Å². The van der Waals surface area contributed by atoms with Crippen LogP contribution in [0.1, 0.15) is 37.0 Å². The second kappa shape index (κ2) is 7.24. The number of nitrogens with zero attached hydrogens (tertiary/aromatic N) is 1. The van der Waals surface area contributed by atoms with Crippen LogP contribution in [0.4, 0.5) is 9.18 Å². The minimum absolute atomic E-state index is 0.0128. The lowest BCUT2D eigenvalue weighted by Crippen LogP contribution is -2.50. The Balaban J connectivity index is 1.82. The number of hydrogen-bond donors (Lipinski definition) is 2. The van der Waals surface area contributed by atoms with Gasteiger partial charge in [0.1, 0.15) is 5.82 Å². The number of likely N-dealkylation sites (tertiary alicyclic amines) is 1. The number of benzene rings is 1. The highest BCUT2D eigenvalue weighted by Crippen LogP contribution is 2.12. The number of piperidine rings is 1. The molecule has 3 amide bonds. The number of urea groups is 1. The number of carbonyl (C=O) groups excluding carboxylic acids is 2. The fraction of sp³-hybridized carbons (Fsp3) is 0.500. The molecule has 1 aromatic rings. The van der Waals surface area contributed by atoms with E-state index in [1.54, 1.807) is 11.0 Å². The van der Waals surface area contributed by atoms with E-state index >= 15 is 0 Å². The van der Waals surface area contributed by atoms with Gasteiger partial charge < -0.3 is 15.5 Å². The van der Waals surface area contributed by atoms with Crippen molar-refractivity contribution in [3.63, 3.8) is 0 Å². The van der Waals surface area contributed by atoms with Gasteiger partial charge in [0, 0.05) is 30.7 Å². The third kappa shape index (κ3) is 4.44. The fourth-order valence-corrected chi connectivity index (χ4v) is 2.46. The normalized spacial score (nSPS) is 15.7. The molecule has 0 saturated carbocycles. The molecule has 0 spiro atoms. The lowest BCUT2D eigenvalue weighted by Gasteiger charge is -2.32. The molecule has 0 atom stereocenters. The zero-order valence-corrected chi connectivity index (χ0v) is 12.9. The lowest BCUT2D eigenvalue weighted by atomic mass is 10.0. The van der Waals surface area contributed by atoms with Crippen molar-refractivity contribution in [3.05, 3.63) is 35.6 Å². The Hall–Kier alpha value is -2.11. The van der Waals surface area contributed by atoms with E-state index in [1.165, 1.54) is 18.2 Å². The van der Waals surface area contributed by atoms with Crippen molar-refractivity contribution in [2.45, 2.75) is 38.8 Å². The maximum absolute atomic E-state index is 13.1. The third-order valence-electron chi connectivity index (χ3n) is 3.62. The highest BCUT2D eigenvalue weighted by atomic mass is 19.1. The summed E-state index contributed by atoms with van der Waals surface area (Å²) in [4.78, 5) is 25.7. The highest BCUT2D eigenvalue weighted by Gasteiger charge is 2.24. The number of nitrogens with one attached hydrogen (secondary N) is 2. The van der Waals surface area contributed by atoms with Crippen LogP contribution >= 0.6 is 0 Å². The van der Waals surface area contributed by atoms with Gasteiger partial charge in [-0.3, -0.25) is 4.79 Å². The molecule has 1 aliphatic heterocycles. The van der Waals surface area contributed by atoms with Crippen LogP contribution in [-0.2, 0) is 0 Å². The van der Waals surface area contributed by atoms with E-state index < -0.39 is 5.82 Å². The third-order valence-corrected chi connectivity index (χ3v) is 3.62. The smallest absolute Gasteiger partial charge is 0.317 e. The first-order valence-corrected chi connectivity index (χ1v) is 7.57. The number of halogens is 1. The van der Waals surface area contributed by atoms with Gasteiger partial charge >= 0.3 is 6.03 Å². The van der Waals surface area contributed by atoms with Crippen molar-refractivity contribution in [2.24, 2.45) is 0 Å². The van der Waals surface area contributed by atoms with Crippen LogP contribution in [0.2, 0.25) is 0 Å². The maximum Gasteiger partial charge on any atom is 0.317 e. The molecular formula is C16H22FN3O2. The highest BCUT2D eigenvalue weighted by molar-refractivity contribution is 5.94. The molecule has 22 heavy (non-hydrogen) atoms.